The largest absolute Gasteiger partial charge is 0.370 e. The average Bonchev–Trinajstić information content (AvgIpc) is 2.57. The van der Waals surface area contributed by atoms with Crippen molar-refractivity contribution >= 4 is 11.7 Å². The van der Waals surface area contributed by atoms with Gasteiger partial charge in [-0.2, -0.15) is 0 Å². The molecule has 0 aliphatic carbocycles. The summed E-state index contributed by atoms with van der Waals surface area (Å²) in [5, 5.41) is 3.32. The van der Waals surface area contributed by atoms with E-state index in [0.717, 1.165) is 51.1 Å². The Morgan fingerprint density at radius 1 is 1.38 bits per heavy atom. The molecular weight excluding hydrogens is 302 g/mol. The molecule has 0 radical (unpaired) electrons. The maximum atomic E-state index is 12.9. The number of anilines is 1. The van der Waals surface area contributed by atoms with E-state index in [0.29, 0.717) is 17.6 Å². The molecule has 1 N–H and O–H groups in total. The minimum absolute atomic E-state index is 0.0448. The number of amides is 1. The van der Waals surface area contributed by atoms with Crippen LogP contribution in [0.5, 0.6) is 0 Å². The summed E-state index contributed by atoms with van der Waals surface area (Å²) in [7, 11) is 4.13. The van der Waals surface area contributed by atoms with E-state index in [9.17, 15) is 4.79 Å². The Morgan fingerprint density at radius 3 is 2.88 bits per heavy atom. The van der Waals surface area contributed by atoms with Gasteiger partial charge in [-0.15, -0.1) is 0 Å². The van der Waals surface area contributed by atoms with E-state index in [-0.39, 0.29) is 5.91 Å². The van der Waals surface area contributed by atoms with Crippen molar-refractivity contribution in [2.45, 2.75) is 52.0 Å². The third-order valence-electron chi connectivity index (χ3n) is 4.50. The monoisotopic (exact) mass is 333 g/mol. The topological polar surface area (TPSA) is 61.4 Å². The van der Waals surface area contributed by atoms with Gasteiger partial charge < -0.3 is 15.1 Å². The van der Waals surface area contributed by atoms with E-state index in [4.69, 9.17) is 0 Å². The second-order valence-corrected chi connectivity index (χ2v) is 6.83. The number of rotatable bonds is 7. The normalized spacial score (nSPS) is 18.0. The summed E-state index contributed by atoms with van der Waals surface area (Å²) in [6.45, 7) is 6.69. The highest BCUT2D eigenvalue weighted by Crippen LogP contribution is 2.22. The zero-order chi connectivity index (χ0) is 17.5. The van der Waals surface area contributed by atoms with E-state index >= 15 is 0 Å². The number of carbonyl (C=O) groups excluding carboxylic acids is 1. The first kappa shape index (κ1) is 18.6. The number of aromatic nitrogens is 2. The van der Waals surface area contributed by atoms with Gasteiger partial charge in [0.2, 0.25) is 0 Å². The molecule has 1 aliphatic heterocycles. The number of aryl methyl sites for hydroxylation is 1. The van der Waals surface area contributed by atoms with Crippen molar-refractivity contribution in [2.75, 3.05) is 39.0 Å². The molecule has 134 valence electrons. The molecule has 1 aliphatic rings. The van der Waals surface area contributed by atoms with Crippen LogP contribution in [-0.2, 0) is 0 Å². The van der Waals surface area contributed by atoms with Gasteiger partial charge in [-0.1, -0.05) is 6.92 Å². The van der Waals surface area contributed by atoms with Gasteiger partial charge in [-0.25, -0.2) is 9.97 Å². The summed E-state index contributed by atoms with van der Waals surface area (Å²) in [6.07, 6.45) is 5.43. The Kier molecular flexibility index (Phi) is 6.97. The molecule has 6 heteroatoms. The van der Waals surface area contributed by atoms with Gasteiger partial charge in [0.05, 0.1) is 0 Å². The Balaban J connectivity index is 2.05. The number of hydrogen-bond acceptors (Lipinski definition) is 5. The Morgan fingerprint density at radius 2 is 2.17 bits per heavy atom. The van der Waals surface area contributed by atoms with Crippen LogP contribution in [0.2, 0.25) is 0 Å². The van der Waals surface area contributed by atoms with Gasteiger partial charge in [0.25, 0.3) is 5.91 Å². The Hall–Kier alpha value is -1.69. The smallest absolute Gasteiger partial charge is 0.272 e. The molecule has 1 fully saturated rings. The van der Waals surface area contributed by atoms with E-state index in [2.05, 4.69) is 41.2 Å². The van der Waals surface area contributed by atoms with Crippen molar-refractivity contribution in [1.29, 1.82) is 0 Å². The molecular formula is C18H31N5O. The lowest BCUT2D eigenvalue weighted by Crippen LogP contribution is -2.43. The number of nitrogens with zero attached hydrogens (tertiary/aromatic N) is 4. The number of hydrogen-bond donors (Lipinski definition) is 1. The molecule has 1 aromatic rings. The number of likely N-dealkylation sites (tertiary alicyclic amines) is 1. The van der Waals surface area contributed by atoms with Crippen molar-refractivity contribution in [1.82, 2.24) is 19.8 Å². The summed E-state index contributed by atoms with van der Waals surface area (Å²) in [5.74, 6) is 1.43. The first-order valence-corrected chi connectivity index (χ1v) is 9.06. The van der Waals surface area contributed by atoms with Crippen molar-refractivity contribution in [3.05, 3.63) is 17.6 Å². The van der Waals surface area contributed by atoms with E-state index in [1.165, 1.54) is 6.42 Å². The number of nitrogens with one attached hydrogen (secondary N) is 1. The highest BCUT2D eigenvalue weighted by molar-refractivity contribution is 5.93. The third kappa shape index (κ3) is 5.16. The van der Waals surface area contributed by atoms with Crippen LogP contribution in [-0.4, -0.2) is 65.4 Å². The Bertz CT molecular complexity index is 546. The second kappa shape index (κ2) is 8.97. The van der Waals surface area contributed by atoms with Crippen LogP contribution in [0.4, 0.5) is 5.82 Å². The van der Waals surface area contributed by atoms with Gasteiger partial charge in [0.1, 0.15) is 17.3 Å². The zero-order valence-electron chi connectivity index (χ0n) is 15.5. The first-order chi connectivity index (χ1) is 11.5. The highest BCUT2D eigenvalue weighted by Gasteiger charge is 2.27. The van der Waals surface area contributed by atoms with Crippen LogP contribution in [0.3, 0.4) is 0 Å². The molecule has 0 bridgehead atoms. The summed E-state index contributed by atoms with van der Waals surface area (Å²) in [6, 6.07) is 2.14. The quantitative estimate of drug-likeness (QED) is 0.777. The molecule has 1 saturated heterocycles. The molecule has 1 aromatic heterocycles. The third-order valence-corrected chi connectivity index (χ3v) is 4.50. The van der Waals surface area contributed by atoms with Gasteiger partial charge in [0, 0.05) is 25.2 Å². The lowest BCUT2D eigenvalue weighted by atomic mass is 9.99. The molecule has 2 rings (SSSR count). The van der Waals surface area contributed by atoms with Crippen molar-refractivity contribution in [3.8, 4) is 0 Å². The van der Waals surface area contributed by atoms with Gasteiger partial charge >= 0.3 is 0 Å². The van der Waals surface area contributed by atoms with E-state index in [1.54, 1.807) is 6.07 Å². The van der Waals surface area contributed by atoms with Crippen LogP contribution in [0.25, 0.3) is 0 Å². The minimum atomic E-state index is 0.0448. The fourth-order valence-corrected chi connectivity index (χ4v) is 3.22. The fourth-order valence-electron chi connectivity index (χ4n) is 3.22. The lowest BCUT2D eigenvalue weighted by Gasteiger charge is -2.35. The van der Waals surface area contributed by atoms with Gasteiger partial charge in [-0.05, 0) is 59.7 Å². The second-order valence-electron chi connectivity index (χ2n) is 6.83. The Labute approximate surface area is 145 Å². The summed E-state index contributed by atoms with van der Waals surface area (Å²) >= 11 is 0. The molecule has 0 spiro atoms. The van der Waals surface area contributed by atoms with Crippen molar-refractivity contribution in [2.24, 2.45) is 0 Å². The molecule has 1 atom stereocenters. The first-order valence-electron chi connectivity index (χ1n) is 9.06. The van der Waals surface area contributed by atoms with Crippen molar-refractivity contribution in [3.63, 3.8) is 0 Å². The maximum absolute atomic E-state index is 12.9. The SMILES string of the molecule is CCC1CCCCN1C(=O)c1cc(NCCCN(C)C)nc(C)n1. The lowest BCUT2D eigenvalue weighted by molar-refractivity contribution is 0.0601. The molecule has 2 heterocycles. The van der Waals surface area contributed by atoms with Crippen LogP contribution in [0.1, 0.15) is 55.3 Å². The van der Waals surface area contributed by atoms with Crippen LogP contribution in [0.15, 0.2) is 6.07 Å². The van der Waals surface area contributed by atoms with Crippen LogP contribution >= 0.6 is 0 Å². The van der Waals surface area contributed by atoms with Crippen LogP contribution < -0.4 is 5.32 Å². The van der Waals surface area contributed by atoms with Gasteiger partial charge in [-0.3, -0.25) is 4.79 Å². The minimum Gasteiger partial charge on any atom is -0.370 e. The molecule has 0 saturated carbocycles. The molecule has 1 unspecified atom stereocenters. The van der Waals surface area contributed by atoms with Crippen molar-refractivity contribution < 1.29 is 4.79 Å². The molecule has 24 heavy (non-hydrogen) atoms. The highest BCUT2D eigenvalue weighted by atomic mass is 16.2. The number of carbonyl (C=O) groups is 1. The predicted octanol–water partition coefficient (Wildman–Crippen LogP) is 2.55. The summed E-state index contributed by atoms with van der Waals surface area (Å²) in [4.78, 5) is 25.8. The van der Waals surface area contributed by atoms with E-state index < -0.39 is 0 Å². The fraction of sp³-hybridized carbons (Fsp3) is 0.722. The molecule has 1 amide bonds. The van der Waals surface area contributed by atoms with Crippen LogP contribution in [0, 0.1) is 6.92 Å². The summed E-state index contributed by atoms with van der Waals surface area (Å²) < 4.78 is 0. The van der Waals surface area contributed by atoms with Gasteiger partial charge in [0.15, 0.2) is 0 Å². The average molecular weight is 333 g/mol. The predicted molar refractivity (Wildman–Crippen MR) is 97.4 cm³/mol. The maximum Gasteiger partial charge on any atom is 0.272 e. The molecule has 0 aromatic carbocycles. The van der Waals surface area contributed by atoms with E-state index in [1.807, 2.05) is 11.8 Å². The molecule has 6 nitrogen and oxygen atoms in total. The number of piperidine rings is 1. The standard InChI is InChI=1S/C18H31N5O/c1-5-15-9-6-7-12-23(15)18(24)16-13-17(21-14(2)20-16)19-10-8-11-22(3)4/h13,15H,5-12H2,1-4H3,(H,19,20,21). The summed E-state index contributed by atoms with van der Waals surface area (Å²) in [5.41, 5.74) is 0.512. The zero-order valence-corrected chi connectivity index (χ0v) is 15.5.